The summed E-state index contributed by atoms with van der Waals surface area (Å²) in [7, 11) is 3.48. The van der Waals surface area contributed by atoms with E-state index >= 15 is 0 Å². The number of methoxy groups -OCH3 is 1. The molecule has 2 saturated heterocycles. The number of carboxylic acids is 1. The lowest BCUT2D eigenvalue weighted by Gasteiger charge is -2.30. The molecule has 0 aliphatic carbocycles. The Bertz CT molecular complexity index is 985. The summed E-state index contributed by atoms with van der Waals surface area (Å²) < 4.78 is 42.9. The average Bonchev–Trinajstić information content (AvgIpc) is 3.38. The number of hydrogen-bond donors (Lipinski definition) is 2. The Morgan fingerprint density at radius 3 is 2.44 bits per heavy atom. The van der Waals surface area contributed by atoms with Crippen LogP contribution < -0.4 is 15.0 Å². The number of nitrogens with one attached hydrogen (secondary N) is 1. The van der Waals surface area contributed by atoms with Crippen LogP contribution in [0.5, 0.6) is 5.75 Å². The number of carboxylic acid groups (broad SMARTS) is 1. The predicted molar refractivity (Wildman–Crippen MR) is 122 cm³/mol. The van der Waals surface area contributed by atoms with Crippen LogP contribution in [0, 0.1) is 0 Å². The lowest BCUT2D eigenvalue weighted by atomic mass is 10.0. The van der Waals surface area contributed by atoms with Crippen LogP contribution in [0.25, 0.3) is 0 Å². The van der Waals surface area contributed by atoms with Gasteiger partial charge in [-0.2, -0.15) is 13.2 Å². The zero-order chi connectivity index (χ0) is 24.9. The molecule has 1 aromatic heterocycles. The number of aliphatic carboxylic acids is 1. The minimum absolute atomic E-state index is 0.0282. The first kappa shape index (κ1) is 25.8. The number of ether oxygens (including phenoxy) is 2. The number of carbonyl (C=O) groups excluding carboxylic acids is 1. The van der Waals surface area contributed by atoms with Crippen molar-refractivity contribution in [1.29, 1.82) is 0 Å². The SMILES string of the molecule is COc1cccc(Cc2ccsc2N(C)C(=O)OC2CC3CCC(C2)N3)c1.O=C(O)C(F)(F)F. The molecule has 2 bridgehead atoms. The van der Waals surface area contributed by atoms with Gasteiger partial charge in [0, 0.05) is 25.6 Å². The van der Waals surface area contributed by atoms with Gasteiger partial charge in [-0.1, -0.05) is 12.1 Å². The number of anilines is 1. The van der Waals surface area contributed by atoms with Crippen LogP contribution in [-0.2, 0) is 16.0 Å². The van der Waals surface area contributed by atoms with Crippen molar-refractivity contribution in [3.8, 4) is 5.75 Å². The highest BCUT2D eigenvalue weighted by atomic mass is 32.1. The van der Waals surface area contributed by atoms with Crippen molar-refractivity contribution < 1.29 is 37.3 Å². The monoisotopic (exact) mass is 500 g/mol. The van der Waals surface area contributed by atoms with Crippen molar-refractivity contribution in [2.45, 2.75) is 56.5 Å². The fourth-order valence-corrected chi connectivity index (χ4v) is 5.05. The number of piperidine rings is 1. The van der Waals surface area contributed by atoms with E-state index in [1.165, 1.54) is 12.8 Å². The van der Waals surface area contributed by atoms with Gasteiger partial charge in [0.25, 0.3) is 0 Å². The van der Waals surface area contributed by atoms with E-state index in [1.54, 1.807) is 30.4 Å². The van der Waals surface area contributed by atoms with Crippen molar-refractivity contribution in [2.75, 3.05) is 19.1 Å². The zero-order valence-corrected chi connectivity index (χ0v) is 19.6. The highest BCUT2D eigenvalue weighted by molar-refractivity contribution is 7.14. The molecule has 34 heavy (non-hydrogen) atoms. The molecule has 2 fully saturated rings. The fraction of sp³-hybridized carbons (Fsp3) is 0.478. The van der Waals surface area contributed by atoms with E-state index in [2.05, 4.69) is 17.4 Å². The zero-order valence-electron chi connectivity index (χ0n) is 18.8. The quantitative estimate of drug-likeness (QED) is 0.611. The largest absolute Gasteiger partial charge is 0.497 e. The number of nitrogens with zero attached hydrogens (tertiary/aromatic N) is 1. The molecule has 1 aromatic carbocycles. The first-order valence-electron chi connectivity index (χ1n) is 10.8. The molecule has 0 radical (unpaired) electrons. The van der Waals surface area contributed by atoms with E-state index in [-0.39, 0.29) is 12.2 Å². The number of carbonyl (C=O) groups is 2. The van der Waals surface area contributed by atoms with Crippen LogP contribution in [0.2, 0.25) is 0 Å². The molecular formula is C23H27F3N2O5S. The number of hydrogen-bond acceptors (Lipinski definition) is 6. The van der Waals surface area contributed by atoms with Gasteiger partial charge in [0.2, 0.25) is 0 Å². The van der Waals surface area contributed by atoms with Crippen LogP contribution >= 0.6 is 11.3 Å². The molecule has 2 atom stereocenters. The molecule has 1 amide bonds. The van der Waals surface area contributed by atoms with E-state index in [1.807, 2.05) is 23.6 Å². The molecular weight excluding hydrogens is 473 g/mol. The van der Waals surface area contributed by atoms with Gasteiger partial charge in [-0.15, -0.1) is 11.3 Å². The molecule has 7 nitrogen and oxygen atoms in total. The Morgan fingerprint density at radius 1 is 1.21 bits per heavy atom. The van der Waals surface area contributed by atoms with Gasteiger partial charge >= 0.3 is 18.2 Å². The summed E-state index contributed by atoms with van der Waals surface area (Å²) in [6.45, 7) is 0. The van der Waals surface area contributed by atoms with Crippen molar-refractivity contribution in [3.63, 3.8) is 0 Å². The molecule has 186 valence electrons. The molecule has 0 spiro atoms. The summed E-state index contributed by atoms with van der Waals surface area (Å²) >= 11 is 1.57. The molecule has 2 aliphatic rings. The Morgan fingerprint density at radius 2 is 1.85 bits per heavy atom. The second-order valence-electron chi connectivity index (χ2n) is 8.26. The van der Waals surface area contributed by atoms with Gasteiger partial charge in [-0.3, -0.25) is 4.90 Å². The smallest absolute Gasteiger partial charge is 0.490 e. The number of alkyl halides is 3. The van der Waals surface area contributed by atoms with Gasteiger partial charge < -0.3 is 19.9 Å². The maximum Gasteiger partial charge on any atom is 0.490 e. The lowest BCUT2D eigenvalue weighted by molar-refractivity contribution is -0.192. The third-order valence-electron chi connectivity index (χ3n) is 5.77. The summed E-state index contributed by atoms with van der Waals surface area (Å²) in [6.07, 6.45) is -0.301. The van der Waals surface area contributed by atoms with Crippen molar-refractivity contribution >= 4 is 28.4 Å². The molecule has 2 aliphatic heterocycles. The maximum atomic E-state index is 12.7. The predicted octanol–water partition coefficient (Wildman–Crippen LogP) is 4.84. The Kier molecular flexibility index (Phi) is 8.42. The lowest BCUT2D eigenvalue weighted by Crippen LogP contribution is -2.43. The van der Waals surface area contributed by atoms with Crippen LogP contribution in [0.1, 0.15) is 36.8 Å². The number of halogens is 3. The highest BCUT2D eigenvalue weighted by Gasteiger charge is 2.38. The summed E-state index contributed by atoms with van der Waals surface area (Å²) in [6, 6.07) is 11.1. The minimum Gasteiger partial charge on any atom is -0.497 e. The third-order valence-corrected chi connectivity index (χ3v) is 6.80. The molecule has 3 heterocycles. The standard InChI is InChI=1S/C21H26N2O3S.C2HF3O2/c1-23(21(24)26-19-12-16-6-7-17(13-19)22-16)20-15(8-9-27-20)10-14-4-3-5-18(11-14)25-2;3-2(4,5)1(6)7/h3-5,8-9,11,16-17,19,22H,6-7,10,12-13H2,1-2H3;(H,6,7). The summed E-state index contributed by atoms with van der Waals surface area (Å²) in [4.78, 5) is 23.3. The number of thiophene rings is 1. The van der Waals surface area contributed by atoms with Gasteiger partial charge in [0.1, 0.15) is 16.9 Å². The Hall–Kier alpha value is -2.79. The molecule has 2 aromatic rings. The Balaban J connectivity index is 0.000000406. The van der Waals surface area contributed by atoms with Crippen LogP contribution in [0.3, 0.4) is 0 Å². The maximum absolute atomic E-state index is 12.7. The highest BCUT2D eigenvalue weighted by Crippen LogP contribution is 2.32. The van der Waals surface area contributed by atoms with E-state index in [9.17, 15) is 18.0 Å². The Labute approximate surface area is 199 Å². The fourth-order valence-electron chi connectivity index (χ4n) is 4.16. The van der Waals surface area contributed by atoms with E-state index in [4.69, 9.17) is 19.4 Å². The third kappa shape index (κ3) is 6.86. The normalized spacial score (nSPS) is 21.3. The number of fused-ring (bicyclic) bond motifs is 2. The van der Waals surface area contributed by atoms with Crippen LogP contribution in [0.15, 0.2) is 35.7 Å². The first-order chi connectivity index (χ1) is 16.1. The van der Waals surface area contributed by atoms with Crippen LogP contribution in [-0.4, -0.2) is 55.7 Å². The topological polar surface area (TPSA) is 88.1 Å². The van der Waals surface area contributed by atoms with Crippen LogP contribution in [0.4, 0.5) is 23.0 Å². The minimum atomic E-state index is -5.08. The number of rotatable bonds is 5. The summed E-state index contributed by atoms with van der Waals surface area (Å²) in [5.41, 5.74) is 2.28. The average molecular weight is 501 g/mol. The molecule has 2 unspecified atom stereocenters. The molecule has 11 heteroatoms. The van der Waals surface area contributed by atoms with Crippen molar-refractivity contribution in [2.24, 2.45) is 0 Å². The van der Waals surface area contributed by atoms with Gasteiger partial charge in [-0.25, -0.2) is 9.59 Å². The van der Waals surface area contributed by atoms with Gasteiger partial charge in [-0.05, 0) is 60.4 Å². The van der Waals surface area contributed by atoms with Gasteiger partial charge in [0.15, 0.2) is 0 Å². The van der Waals surface area contributed by atoms with Crippen molar-refractivity contribution in [1.82, 2.24) is 5.32 Å². The number of amides is 1. The number of benzene rings is 1. The van der Waals surface area contributed by atoms with Crippen molar-refractivity contribution in [3.05, 3.63) is 46.8 Å². The first-order valence-corrected chi connectivity index (χ1v) is 11.6. The second kappa shape index (κ2) is 11.1. The van der Waals surface area contributed by atoms with E-state index < -0.39 is 12.1 Å². The molecule has 4 rings (SSSR count). The summed E-state index contributed by atoms with van der Waals surface area (Å²) in [5.74, 6) is -1.91. The molecule has 2 N–H and O–H groups in total. The second-order valence-corrected chi connectivity index (χ2v) is 9.15. The van der Waals surface area contributed by atoms with E-state index in [0.29, 0.717) is 12.1 Å². The van der Waals surface area contributed by atoms with E-state index in [0.717, 1.165) is 41.1 Å². The summed E-state index contributed by atoms with van der Waals surface area (Å²) in [5, 5.41) is 13.7. The van der Waals surface area contributed by atoms with Gasteiger partial charge in [0.05, 0.1) is 7.11 Å². The molecule has 0 saturated carbocycles.